The Morgan fingerprint density at radius 3 is 2.83 bits per heavy atom. The van der Waals surface area contributed by atoms with Gasteiger partial charge in [0, 0.05) is 22.0 Å². The number of fused-ring (bicyclic) bond motifs is 1. The number of thioether (sulfide) groups is 1. The lowest BCUT2D eigenvalue weighted by atomic mass is 9.95. The van der Waals surface area contributed by atoms with Crippen molar-refractivity contribution >= 4 is 28.6 Å². The molecule has 0 spiro atoms. The number of nitrogens with one attached hydrogen (secondary N) is 1. The lowest BCUT2D eigenvalue weighted by Gasteiger charge is -2.22. The van der Waals surface area contributed by atoms with Crippen molar-refractivity contribution in [1.82, 2.24) is 10.3 Å². The van der Waals surface area contributed by atoms with Crippen molar-refractivity contribution in [3.8, 4) is 5.75 Å². The topological polar surface area (TPSA) is 51.2 Å². The summed E-state index contributed by atoms with van der Waals surface area (Å²) < 4.78 is 5.32. The van der Waals surface area contributed by atoms with Crippen molar-refractivity contribution in [2.24, 2.45) is 0 Å². The van der Waals surface area contributed by atoms with Crippen LogP contribution in [0, 0.1) is 6.92 Å². The summed E-state index contributed by atoms with van der Waals surface area (Å²) >= 11 is 1.57. The van der Waals surface area contributed by atoms with Gasteiger partial charge < -0.3 is 10.1 Å². The van der Waals surface area contributed by atoms with Crippen LogP contribution in [0.5, 0.6) is 5.75 Å². The van der Waals surface area contributed by atoms with Gasteiger partial charge >= 0.3 is 0 Å². The molecule has 1 heterocycles. The van der Waals surface area contributed by atoms with Crippen LogP contribution in [0.15, 0.2) is 29.2 Å². The molecule has 1 N–H and O–H groups in total. The van der Waals surface area contributed by atoms with Crippen LogP contribution in [0.25, 0.3) is 10.9 Å². The van der Waals surface area contributed by atoms with Gasteiger partial charge in [-0.25, -0.2) is 0 Å². The van der Waals surface area contributed by atoms with Crippen LogP contribution >= 0.6 is 11.8 Å². The van der Waals surface area contributed by atoms with E-state index in [-0.39, 0.29) is 5.91 Å². The Kier molecular flexibility index (Phi) is 5.61. The summed E-state index contributed by atoms with van der Waals surface area (Å²) in [4.78, 5) is 17.9. The van der Waals surface area contributed by atoms with Gasteiger partial charge in [-0.3, -0.25) is 9.78 Å². The first kappa shape index (κ1) is 17.1. The van der Waals surface area contributed by atoms with Gasteiger partial charge in [0.1, 0.15) is 5.75 Å². The zero-order chi connectivity index (χ0) is 16.9. The second-order valence-electron chi connectivity index (χ2n) is 6.34. The maximum atomic E-state index is 12.3. The van der Waals surface area contributed by atoms with E-state index in [4.69, 9.17) is 4.74 Å². The minimum atomic E-state index is 0.123. The minimum absolute atomic E-state index is 0.123. The molecule has 2 aromatic rings. The number of ether oxygens (including phenoxy) is 1. The number of nitrogens with zero attached hydrogens (tertiary/aromatic N) is 1. The van der Waals surface area contributed by atoms with Crippen molar-refractivity contribution < 1.29 is 9.53 Å². The van der Waals surface area contributed by atoms with Crippen LogP contribution in [0.2, 0.25) is 0 Å². The monoisotopic (exact) mass is 344 g/mol. The lowest BCUT2D eigenvalue weighted by molar-refractivity contribution is -0.119. The molecule has 1 fully saturated rings. The number of aromatic nitrogens is 1. The van der Waals surface area contributed by atoms with Crippen molar-refractivity contribution in [2.45, 2.75) is 50.0 Å². The number of amides is 1. The molecule has 5 heteroatoms. The molecule has 3 rings (SSSR count). The second-order valence-corrected chi connectivity index (χ2v) is 7.35. The molecular weight excluding hydrogens is 320 g/mol. The Balaban J connectivity index is 1.70. The number of carbonyl (C=O) groups excluding carboxylic acids is 1. The van der Waals surface area contributed by atoms with Gasteiger partial charge in [-0.15, -0.1) is 11.8 Å². The highest BCUT2D eigenvalue weighted by molar-refractivity contribution is 8.00. The third-order valence-electron chi connectivity index (χ3n) is 4.44. The Labute approximate surface area is 147 Å². The SMILES string of the molecule is COc1ccc2nc(C)cc(SCC(=O)NC3CCCCC3)c2c1. The van der Waals surface area contributed by atoms with E-state index in [1.54, 1.807) is 18.9 Å². The number of benzene rings is 1. The molecular formula is C19H24N2O2S. The van der Waals surface area contributed by atoms with E-state index in [0.29, 0.717) is 11.8 Å². The molecule has 24 heavy (non-hydrogen) atoms. The first-order valence-corrected chi connectivity index (χ1v) is 9.52. The molecule has 0 radical (unpaired) electrons. The molecule has 1 aliphatic rings. The van der Waals surface area contributed by atoms with E-state index in [1.165, 1.54) is 19.3 Å². The van der Waals surface area contributed by atoms with Crippen LogP contribution in [-0.2, 0) is 4.79 Å². The predicted octanol–water partition coefficient (Wildman–Crippen LogP) is 4.09. The molecule has 0 bridgehead atoms. The Hall–Kier alpha value is -1.75. The summed E-state index contributed by atoms with van der Waals surface area (Å²) in [6, 6.07) is 8.28. The van der Waals surface area contributed by atoms with Gasteiger partial charge in [0.2, 0.25) is 5.91 Å². The Morgan fingerprint density at radius 2 is 2.08 bits per heavy atom. The fourth-order valence-corrected chi connectivity index (χ4v) is 4.15. The smallest absolute Gasteiger partial charge is 0.230 e. The number of carbonyl (C=O) groups is 1. The van der Waals surface area contributed by atoms with E-state index < -0.39 is 0 Å². The molecule has 1 amide bonds. The first-order valence-electron chi connectivity index (χ1n) is 8.53. The maximum Gasteiger partial charge on any atom is 0.230 e. The Bertz CT molecular complexity index is 727. The van der Waals surface area contributed by atoms with E-state index in [0.717, 1.165) is 40.1 Å². The van der Waals surface area contributed by atoms with E-state index in [1.807, 2.05) is 31.2 Å². The molecule has 1 aromatic heterocycles. The zero-order valence-corrected chi connectivity index (χ0v) is 15.1. The standard InChI is InChI=1S/C19H24N2O2S/c1-13-10-18(16-11-15(23-2)8-9-17(16)20-13)24-12-19(22)21-14-6-4-3-5-7-14/h8-11,14H,3-7,12H2,1-2H3,(H,21,22). The highest BCUT2D eigenvalue weighted by atomic mass is 32.2. The number of methoxy groups -OCH3 is 1. The molecule has 0 saturated heterocycles. The van der Waals surface area contributed by atoms with Gasteiger partial charge in [-0.2, -0.15) is 0 Å². The normalized spacial score (nSPS) is 15.4. The summed E-state index contributed by atoms with van der Waals surface area (Å²) in [5.74, 6) is 1.37. The van der Waals surface area contributed by atoms with Gasteiger partial charge in [-0.1, -0.05) is 19.3 Å². The van der Waals surface area contributed by atoms with Crippen LogP contribution in [0.3, 0.4) is 0 Å². The molecule has 1 aromatic carbocycles. The Morgan fingerprint density at radius 1 is 1.29 bits per heavy atom. The van der Waals surface area contributed by atoms with Crippen LogP contribution in [0.4, 0.5) is 0 Å². The second kappa shape index (κ2) is 7.88. The number of hydrogen-bond donors (Lipinski definition) is 1. The number of aryl methyl sites for hydroxylation is 1. The third kappa shape index (κ3) is 4.20. The summed E-state index contributed by atoms with van der Waals surface area (Å²) in [6.07, 6.45) is 5.99. The average Bonchev–Trinajstić information content (AvgIpc) is 2.60. The fraction of sp³-hybridized carbons (Fsp3) is 0.474. The summed E-state index contributed by atoms with van der Waals surface area (Å²) in [7, 11) is 1.66. The predicted molar refractivity (Wildman–Crippen MR) is 98.8 cm³/mol. The number of pyridine rings is 1. The highest BCUT2D eigenvalue weighted by Crippen LogP contribution is 2.30. The van der Waals surface area contributed by atoms with Crippen LogP contribution in [-0.4, -0.2) is 29.8 Å². The van der Waals surface area contributed by atoms with Gasteiger partial charge in [0.25, 0.3) is 0 Å². The van der Waals surface area contributed by atoms with Gasteiger partial charge in [-0.05, 0) is 44.0 Å². The summed E-state index contributed by atoms with van der Waals surface area (Å²) in [6.45, 7) is 1.98. The van der Waals surface area contributed by atoms with E-state index in [2.05, 4.69) is 10.3 Å². The zero-order valence-electron chi connectivity index (χ0n) is 14.3. The largest absolute Gasteiger partial charge is 0.497 e. The maximum absolute atomic E-state index is 12.3. The van der Waals surface area contributed by atoms with Crippen molar-refractivity contribution in [3.05, 3.63) is 30.0 Å². The van der Waals surface area contributed by atoms with Crippen molar-refractivity contribution in [2.75, 3.05) is 12.9 Å². The molecule has 1 aliphatic carbocycles. The molecule has 0 atom stereocenters. The fourth-order valence-electron chi connectivity index (χ4n) is 3.21. The van der Waals surface area contributed by atoms with Crippen molar-refractivity contribution in [1.29, 1.82) is 0 Å². The van der Waals surface area contributed by atoms with E-state index >= 15 is 0 Å². The molecule has 1 saturated carbocycles. The summed E-state index contributed by atoms with van der Waals surface area (Å²) in [5.41, 5.74) is 1.90. The number of rotatable bonds is 5. The minimum Gasteiger partial charge on any atom is -0.497 e. The average molecular weight is 344 g/mol. The first-order chi connectivity index (χ1) is 11.7. The van der Waals surface area contributed by atoms with Crippen molar-refractivity contribution in [3.63, 3.8) is 0 Å². The molecule has 0 aliphatic heterocycles. The van der Waals surface area contributed by atoms with Crippen LogP contribution < -0.4 is 10.1 Å². The van der Waals surface area contributed by atoms with Gasteiger partial charge in [0.15, 0.2) is 0 Å². The summed E-state index contributed by atoms with van der Waals surface area (Å²) in [5, 5.41) is 4.21. The molecule has 0 unspecified atom stereocenters. The lowest BCUT2D eigenvalue weighted by Crippen LogP contribution is -2.37. The van der Waals surface area contributed by atoms with E-state index in [9.17, 15) is 4.79 Å². The van der Waals surface area contributed by atoms with Gasteiger partial charge in [0.05, 0.1) is 18.4 Å². The molecule has 4 nitrogen and oxygen atoms in total. The third-order valence-corrected chi connectivity index (χ3v) is 5.49. The number of hydrogen-bond acceptors (Lipinski definition) is 4. The van der Waals surface area contributed by atoms with Crippen LogP contribution in [0.1, 0.15) is 37.8 Å². The highest BCUT2D eigenvalue weighted by Gasteiger charge is 2.16. The quantitative estimate of drug-likeness (QED) is 0.830. The molecule has 128 valence electrons.